The number of carbonyl (C=O) groups excluding carboxylic acids is 1. The van der Waals surface area contributed by atoms with Crippen molar-refractivity contribution in [2.45, 2.75) is 32.8 Å². The number of esters is 1. The van der Waals surface area contributed by atoms with E-state index in [-0.39, 0.29) is 0 Å². The molecule has 19 heavy (non-hydrogen) atoms. The van der Waals surface area contributed by atoms with E-state index in [1.54, 1.807) is 19.1 Å². The molecule has 4 nitrogen and oxygen atoms in total. The molecular formula is C15H18O4. The Kier molecular flexibility index (Phi) is 3.27. The van der Waals surface area contributed by atoms with E-state index < -0.39 is 23.1 Å². The molecule has 0 aliphatic carbocycles. The zero-order valence-corrected chi connectivity index (χ0v) is 11.3. The van der Waals surface area contributed by atoms with Crippen LogP contribution in [0.5, 0.6) is 0 Å². The third kappa shape index (κ3) is 2.30. The third-order valence-corrected chi connectivity index (χ3v) is 3.32. The van der Waals surface area contributed by atoms with E-state index in [0.717, 1.165) is 6.42 Å². The van der Waals surface area contributed by atoms with Gasteiger partial charge in [0, 0.05) is 5.56 Å². The summed E-state index contributed by atoms with van der Waals surface area (Å²) in [5.74, 6) is -1.49. The van der Waals surface area contributed by atoms with Crippen LogP contribution in [0.2, 0.25) is 0 Å². The second-order valence-electron chi connectivity index (χ2n) is 5.41. The maximum Gasteiger partial charge on any atom is 0.378 e. The summed E-state index contributed by atoms with van der Waals surface area (Å²) in [7, 11) is 0. The van der Waals surface area contributed by atoms with E-state index in [4.69, 9.17) is 4.74 Å². The van der Waals surface area contributed by atoms with Crippen LogP contribution >= 0.6 is 0 Å². The van der Waals surface area contributed by atoms with Gasteiger partial charge in [0.15, 0.2) is 11.4 Å². The molecule has 4 heteroatoms. The summed E-state index contributed by atoms with van der Waals surface area (Å²) in [6, 6.07) is 7.49. The summed E-state index contributed by atoms with van der Waals surface area (Å²) >= 11 is 0. The SMILES string of the molecule is CC(C)Cc1ccc(C2(C)OC(=O)C(O)=C2O)cc1. The lowest BCUT2D eigenvalue weighted by molar-refractivity contribution is -0.149. The molecule has 0 saturated carbocycles. The summed E-state index contributed by atoms with van der Waals surface area (Å²) in [4.78, 5) is 11.3. The third-order valence-electron chi connectivity index (χ3n) is 3.32. The van der Waals surface area contributed by atoms with E-state index in [9.17, 15) is 15.0 Å². The molecule has 1 atom stereocenters. The molecule has 0 fully saturated rings. The fraction of sp³-hybridized carbons (Fsp3) is 0.400. The van der Waals surface area contributed by atoms with Gasteiger partial charge in [0.1, 0.15) is 0 Å². The quantitative estimate of drug-likeness (QED) is 0.822. The zero-order valence-electron chi connectivity index (χ0n) is 11.3. The second kappa shape index (κ2) is 4.61. The molecule has 0 amide bonds. The molecule has 1 heterocycles. The number of aliphatic hydroxyl groups is 2. The van der Waals surface area contributed by atoms with Crippen molar-refractivity contribution in [2.24, 2.45) is 5.92 Å². The first-order valence-electron chi connectivity index (χ1n) is 6.30. The molecule has 2 rings (SSSR count). The Morgan fingerprint density at radius 3 is 2.21 bits per heavy atom. The minimum Gasteiger partial charge on any atom is -0.505 e. The van der Waals surface area contributed by atoms with Crippen molar-refractivity contribution in [3.05, 3.63) is 46.9 Å². The highest BCUT2D eigenvalue weighted by Crippen LogP contribution is 2.38. The van der Waals surface area contributed by atoms with E-state index in [2.05, 4.69) is 13.8 Å². The summed E-state index contributed by atoms with van der Waals surface area (Å²) in [5.41, 5.74) is 0.520. The van der Waals surface area contributed by atoms with Gasteiger partial charge in [-0.3, -0.25) is 0 Å². The second-order valence-corrected chi connectivity index (χ2v) is 5.41. The molecule has 0 bridgehead atoms. The molecule has 0 spiro atoms. The van der Waals surface area contributed by atoms with Gasteiger partial charge in [-0.25, -0.2) is 4.79 Å². The van der Waals surface area contributed by atoms with Crippen LogP contribution in [0.3, 0.4) is 0 Å². The number of hydrogen-bond acceptors (Lipinski definition) is 4. The number of carbonyl (C=O) groups is 1. The number of rotatable bonds is 3. The predicted octanol–water partition coefficient (Wildman–Crippen LogP) is 2.98. The number of hydrogen-bond donors (Lipinski definition) is 2. The van der Waals surface area contributed by atoms with Crippen LogP contribution in [0.4, 0.5) is 0 Å². The Bertz CT molecular complexity index is 528. The lowest BCUT2D eigenvalue weighted by Crippen LogP contribution is -2.25. The zero-order chi connectivity index (χ0) is 14.2. The number of aliphatic hydroxyl groups excluding tert-OH is 2. The van der Waals surface area contributed by atoms with Crippen molar-refractivity contribution in [3.63, 3.8) is 0 Å². The lowest BCUT2D eigenvalue weighted by Gasteiger charge is -2.23. The van der Waals surface area contributed by atoms with Gasteiger partial charge >= 0.3 is 5.97 Å². The lowest BCUT2D eigenvalue weighted by atomic mass is 9.92. The van der Waals surface area contributed by atoms with Crippen LogP contribution in [-0.4, -0.2) is 16.2 Å². The predicted molar refractivity (Wildman–Crippen MR) is 70.7 cm³/mol. The molecule has 102 valence electrons. The summed E-state index contributed by atoms with van der Waals surface area (Å²) in [6.45, 7) is 5.84. The molecule has 2 N–H and O–H groups in total. The van der Waals surface area contributed by atoms with Gasteiger partial charge in [-0.15, -0.1) is 0 Å². The minimum atomic E-state index is -1.29. The average Bonchev–Trinajstić information content (AvgIpc) is 2.54. The summed E-state index contributed by atoms with van der Waals surface area (Å²) in [6.07, 6.45) is 0.962. The molecule has 1 aromatic rings. The van der Waals surface area contributed by atoms with Gasteiger partial charge in [-0.1, -0.05) is 38.1 Å². The average molecular weight is 262 g/mol. The van der Waals surface area contributed by atoms with Gasteiger partial charge < -0.3 is 14.9 Å². The Morgan fingerprint density at radius 1 is 1.21 bits per heavy atom. The van der Waals surface area contributed by atoms with Gasteiger partial charge in [-0.05, 0) is 24.8 Å². The first-order chi connectivity index (χ1) is 8.84. The monoisotopic (exact) mass is 262 g/mol. The highest BCUT2D eigenvalue weighted by atomic mass is 16.6. The largest absolute Gasteiger partial charge is 0.505 e. The van der Waals surface area contributed by atoms with E-state index in [1.165, 1.54) is 5.56 Å². The van der Waals surface area contributed by atoms with Gasteiger partial charge in [0.25, 0.3) is 0 Å². The molecule has 0 aromatic heterocycles. The van der Waals surface area contributed by atoms with Crippen LogP contribution in [0, 0.1) is 5.92 Å². The molecule has 1 aromatic carbocycles. The van der Waals surface area contributed by atoms with Crippen molar-refractivity contribution in [3.8, 4) is 0 Å². The number of benzene rings is 1. The normalized spacial score (nSPS) is 23.1. The van der Waals surface area contributed by atoms with Crippen molar-refractivity contribution in [1.82, 2.24) is 0 Å². The molecule has 1 aliphatic heterocycles. The fourth-order valence-corrected chi connectivity index (χ4v) is 2.23. The van der Waals surface area contributed by atoms with Gasteiger partial charge in [-0.2, -0.15) is 0 Å². The van der Waals surface area contributed by atoms with Crippen LogP contribution in [0.1, 0.15) is 31.9 Å². The van der Waals surface area contributed by atoms with Gasteiger partial charge in [0.05, 0.1) is 0 Å². The van der Waals surface area contributed by atoms with Crippen LogP contribution in [0.25, 0.3) is 0 Å². The van der Waals surface area contributed by atoms with Crippen molar-refractivity contribution >= 4 is 5.97 Å². The van der Waals surface area contributed by atoms with Crippen LogP contribution < -0.4 is 0 Å². The highest BCUT2D eigenvalue weighted by molar-refractivity contribution is 5.90. The molecule has 0 radical (unpaired) electrons. The Labute approximate surface area is 112 Å². The van der Waals surface area contributed by atoms with E-state index in [1.807, 2.05) is 12.1 Å². The minimum absolute atomic E-state index is 0.436. The number of ether oxygens (including phenoxy) is 1. The maximum absolute atomic E-state index is 11.3. The molecular weight excluding hydrogens is 244 g/mol. The Morgan fingerprint density at radius 2 is 1.79 bits per heavy atom. The highest BCUT2D eigenvalue weighted by Gasteiger charge is 2.46. The van der Waals surface area contributed by atoms with Crippen molar-refractivity contribution in [2.75, 3.05) is 0 Å². The van der Waals surface area contributed by atoms with Crippen molar-refractivity contribution in [1.29, 1.82) is 0 Å². The summed E-state index contributed by atoms with van der Waals surface area (Å²) in [5, 5.41) is 19.2. The van der Waals surface area contributed by atoms with E-state index >= 15 is 0 Å². The number of cyclic esters (lactones) is 1. The fourth-order valence-electron chi connectivity index (χ4n) is 2.23. The van der Waals surface area contributed by atoms with Gasteiger partial charge in [0.2, 0.25) is 5.76 Å². The smallest absolute Gasteiger partial charge is 0.378 e. The standard InChI is InChI=1S/C15H18O4/c1-9(2)8-10-4-6-11(7-5-10)15(3)13(17)12(16)14(18)19-15/h4-7,9,16-17H,8H2,1-3H3. The van der Waals surface area contributed by atoms with E-state index in [0.29, 0.717) is 11.5 Å². The Balaban J connectivity index is 2.31. The van der Waals surface area contributed by atoms with Crippen LogP contribution in [0.15, 0.2) is 35.8 Å². The topological polar surface area (TPSA) is 66.8 Å². The maximum atomic E-state index is 11.3. The first kappa shape index (κ1) is 13.5. The molecule has 1 unspecified atom stereocenters. The first-order valence-corrected chi connectivity index (χ1v) is 6.30. The van der Waals surface area contributed by atoms with Crippen molar-refractivity contribution < 1.29 is 19.7 Å². The molecule has 1 aliphatic rings. The van der Waals surface area contributed by atoms with Crippen LogP contribution in [-0.2, 0) is 21.6 Å². The summed E-state index contributed by atoms with van der Waals surface area (Å²) < 4.78 is 5.07. The molecule has 0 saturated heterocycles. The Hall–Kier alpha value is -1.97.